The Kier molecular flexibility index (Phi) is 7.72. The molecule has 2 N–H and O–H groups in total. The normalized spacial score (nSPS) is 11.0. The number of carbonyl (C=O) groups is 1. The Morgan fingerprint density at radius 3 is 2.50 bits per heavy atom. The van der Waals surface area contributed by atoms with Crippen LogP contribution >= 0.6 is 0 Å². The molecule has 32 heavy (non-hydrogen) atoms. The van der Waals surface area contributed by atoms with Crippen molar-refractivity contribution in [3.8, 4) is 28.4 Å². The van der Waals surface area contributed by atoms with E-state index < -0.39 is 0 Å². The summed E-state index contributed by atoms with van der Waals surface area (Å²) in [6.45, 7) is 7.05. The number of benzene rings is 2. The van der Waals surface area contributed by atoms with E-state index in [2.05, 4.69) is 24.1 Å². The molecule has 0 unspecified atom stereocenters. The molecule has 0 saturated heterocycles. The fraction of sp³-hybridized carbons (Fsp3) is 0.333. The van der Waals surface area contributed by atoms with Crippen molar-refractivity contribution in [3.05, 3.63) is 52.9 Å². The van der Waals surface area contributed by atoms with E-state index in [1.165, 1.54) is 18.4 Å². The molecule has 170 valence electrons. The first-order valence-corrected chi connectivity index (χ1v) is 10.5. The first-order valence-electron chi connectivity index (χ1n) is 10.5. The number of phenols is 1. The van der Waals surface area contributed by atoms with Crippen LogP contribution in [-0.2, 0) is 4.79 Å². The maximum absolute atomic E-state index is 12.9. The third-order valence-electron chi connectivity index (χ3n) is 5.25. The second-order valence-electron chi connectivity index (χ2n) is 7.19. The minimum atomic E-state index is -0.366. The summed E-state index contributed by atoms with van der Waals surface area (Å²) in [6.07, 6.45) is 1.34. The molecule has 0 saturated carbocycles. The number of methoxy groups -OCH3 is 1. The van der Waals surface area contributed by atoms with Crippen LogP contribution in [0.25, 0.3) is 22.1 Å². The molecule has 0 spiro atoms. The number of rotatable bonds is 10. The van der Waals surface area contributed by atoms with Crippen molar-refractivity contribution in [1.82, 2.24) is 10.2 Å². The molecule has 1 amide bonds. The molecule has 3 aromatic rings. The van der Waals surface area contributed by atoms with Gasteiger partial charge in [-0.1, -0.05) is 26.0 Å². The summed E-state index contributed by atoms with van der Waals surface area (Å²) in [6, 6.07) is 9.75. The molecule has 2 aromatic carbocycles. The number of amides is 1. The van der Waals surface area contributed by atoms with Crippen LogP contribution in [0.3, 0.4) is 0 Å². The van der Waals surface area contributed by atoms with E-state index in [4.69, 9.17) is 13.9 Å². The quantitative estimate of drug-likeness (QED) is 0.500. The lowest BCUT2D eigenvalue weighted by molar-refractivity contribution is -0.123. The van der Waals surface area contributed by atoms with Gasteiger partial charge >= 0.3 is 0 Å². The molecule has 0 aliphatic heterocycles. The van der Waals surface area contributed by atoms with Gasteiger partial charge in [-0.25, -0.2) is 0 Å². The topological polar surface area (TPSA) is 101 Å². The predicted octanol–water partition coefficient (Wildman–Crippen LogP) is 3.01. The van der Waals surface area contributed by atoms with Gasteiger partial charge in [0, 0.05) is 25.2 Å². The number of nitrogens with zero attached hydrogens (tertiary/aromatic N) is 1. The first-order chi connectivity index (χ1) is 15.5. The Morgan fingerprint density at radius 1 is 1.12 bits per heavy atom. The van der Waals surface area contributed by atoms with Crippen molar-refractivity contribution >= 4 is 16.9 Å². The van der Waals surface area contributed by atoms with Crippen LogP contribution in [0.4, 0.5) is 0 Å². The molecule has 0 fully saturated rings. The molecule has 0 radical (unpaired) electrons. The van der Waals surface area contributed by atoms with E-state index in [0.717, 1.165) is 19.6 Å². The Hall–Kier alpha value is -3.52. The molecular weight excluding hydrogens is 412 g/mol. The third-order valence-corrected chi connectivity index (χ3v) is 5.25. The van der Waals surface area contributed by atoms with E-state index >= 15 is 0 Å². The average molecular weight is 440 g/mol. The summed E-state index contributed by atoms with van der Waals surface area (Å²) < 4.78 is 16.2. The second kappa shape index (κ2) is 10.7. The van der Waals surface area contributed by atoms with E-state index in [1.54, 1.807) is 31.4 Å². The highest BCUT2D eigenvalue weighted by Crippen LogP contribution is 2.30. The maximum atomic E-state index is 12.9. The van der Waals surface area contributed by atoms with Crippen molar-refractivity contribution < 1.29 is 23.8 Å². The van der Waals surface area contributed by atoms with Crippen LogP contribution in [0.2, 0.25) is 0 Å². The minimum Gasteiger partial charge on any atom is -0.507 e. The number of hydrogen-bond donors (Lipinski definition) is 2. The van der Waals surface area contributed by atoms with Gasteiger partial charge in [-0.2, -0.15) is 0 Å². The lowest BCUT2D eigenvalue weighted by Gasteiger charge is -2.18. The van der Waals surface area contributed by atoms with E-state index in [0.29, 0.717) is 23.4 Å². The third kappa shape index (κ3) is 5.39. The van der Waals surface area contributed by atoms with Gasteiger partial charge in [0.2, 0.25) is 5.43 Å². The van der Waals surface area contributed by atoms with Crippen LogP contribution in [-0.4, -0.2) is 55.8 Å². The zero-order valence-electron chi connectivity index (χ0n) is 18.5. The van der Waals surface area contributed by atoms with Crippen molar-refractivity contribution in [2.75, 3.05) is 39.9 Å². The number of ether oxygens (including phenoxy) is 2. The van der Waals surface area contributed by atoms with Gasteiger partial charge in [-0.15, -0.1) is 0 Å². The number of fused-ring (bicyclic) bond motifs is 1. The zero-order chi connectivity index (χ0) is 23.1. The van der Waals surface area contributed by atoms with E-state index in [9.17, 15) is 14.7 Å². The van der Waals surface area contributed by atoms with Crippen molar-refractivity contribution in [3.63, 3.8) is 0 Å². The largest absolute Gasteiger partial charge is 0.507 e. The predicted molar refractivity (Wildman–Crippen MR) is 122 cm³/mol. The molecule has 0 aliphatic carbocycles. The highest BCUT2D eigenvalue weighted by Gasteiger charge is 2.15. The fourth-order valence-electron chi connectivity index (χ4n) is 3.35. The highest BCUT2D eigenvalue weighted by atomic mass is 16.5. The van der Waals surface area contributed by atoms with E-state index in [1.807, 2.05) is 0 Å². The van der Waals surface area contributed by atoms with Gasteiger partial charge in [0.15, 0.2) is 6.61 Å². The summed E-state index contributed by atoms with van der Waals surface area (Å²) in [7, 11) is 1.56. The standard InChI is InChI=1S/C24H28N2O6/c1-4-26(5-2)11-10-25-22(28)15-31-18-12-20(27)23-21(13-18)32-14-19(24(23)29)16-6-8-17(30-3)9-7-16/h6-9,12-14,27H,4-5,10-11,15H2,1-3H3,(H,25,28). The van der Waals surface area contributed by atoms with Gasteiger partial charge in [-0.05, 0) is 30.8 Å². The Labute approximate surface area is 186 Å². The summed E-state index contributed by atoms with van der Waals surface area (Å²) >= 11 is 0. The summed E-state index contributed by atoms with van der Waals surface area (Å²) in [5.41, 5.74) is 0.762. The Bertz CT molecular complexity index is 1120. The number of aromatic hydroxyl groups is 1. The number of nitrogens with one attached hydrogen (secondary N) is 1. The van der Waals surface area contributed by atoms with Crippen molar-refractivity contribution in [2.45, 2.75) is 13.8 Å². The van der Waals surface area contributed by atoms with Crippen LogP contribution in [0, 0.1) is 0 Å². The van der Waals surface area contributed by atoms with Gasteiger partial charge in [-0.3, -0.25) is 9.59 Å². The van der Waals surface area contributed by atoms with E-state index in [-0.39, 0.29) is 40.4 Å². The molecule has 0 bridgehead atoms. The lowest BCUT2D eigenvalue weighted by atomic mass is 10.0. The molecule has 1 aromatic heterocycles. The van der Waals surface area contributed by atoms with Crippen molar-refractivity contribution in [2.24, 2.45) is 0 Å². The number of hydrogen-bond acceptors (Lipinski definition) is 7. The van der Waals surface area contributed by atoms with Crippen molar-refractivity contribution in [1.29, 1.82) is 0 Å². The second-order valence-corrected chi connectivity index (χ2v) is 7.19. The summed E-state index contributed by atoms with van der Waals surface area (Å²) in [5.74, 6) is 0.353. The maximum Gasteiger partial charge on any atom is 0.257 e. The molecule has 0 atom stereocenters. The molecule has 8 nitrogen and oxygen atoms in total. The Morgan fingerprint density at radius 2 is 1.84 bits per heavy atom. The lowest BCUT2D eigenvalue weighted by Crippen LogP contribution is -2.36. The van der Waals surface area contributed by atoms with Gasteiger partial charge < -0.3 is 29.2 Å². The van der Waals surface area contributed by atoms with Gasteiger partial charge in [0.05, 0.1) is 12.7 Å². The molecule has 1 heterocycles. The molecule has 8 heteroatoms. The Balaban J connectivity index is 1.71. The van der Waals surface area contributed by atoms with Gasteiger partial charge in [0.1, 0.15) is 34.5 Å². The fourth-order valence-corrected chi connectivity index (χ4v) is 3.35. The van der Waals surface area contributed by atoms with Gasteiger partial charge in [0.25, 0.3) is 5.91 Å². The average Bonchev–Trinajstić information content (AvgIpc) is 2.80. The SMILES string of the molecule is CCN(CC)CCNC(=O)COc1cc(O)c2c(=O)c(-c3ccc(OC)cc3)coc2c1. The molecular formula is C24H28N2O6. The summed E-state index contributed by atoms with van der Waals surface area (Å²) in [5, 5.41) is 13.3. The van der Waals surface area contributed by atoms with Crippen LogP contribution in [0.1, 0.15) is 13.8 Å². The number of carbonyl (C=O) groups excluding carboxylic acids is 1. The van der Waals surface area contributed by atoms with Crippen LogP contribution < -0.4 is 20.2 Å². The first kappa shape index (κ1) is 23.1. The van der Waals surface area contributed by atoms with Crippen LogP contribution in [0.15, 0.2) is 51.9 Å². The van der Waals surface area contributed by atoms with Crippen LogP contribution in [0.5, 0.6) is 17.2 Å². The molecule has 3 rings (SSSR count). The number of likely N-dealkylation sites (N-methyl/N-ethyl adjacent to an activating group) is 1. The highest BCUT2D eigenvalue weighted by molar-refractivity contribution is 5.88. The smallest absolute Gasteiger partial charge is 0.257 e. The minimum absolute atomic E-state index is 0.0503. The zero-order valence-corrected chi connectivity index (χ0v) is 18.5. The molecule has 0 aliphatic rings. The number of phenolic OH excluding ortho intramolecular Hbond substituents is 1. The monoisotopic (exact) mass is 440 g/mol. The summed E-state index contributed by atoms with van der Waals surface area (Å²) in [4.78, 5) is 27.2.